The Hall–Kier alpha value is -2.05. The number of nitrogens with one attached hydrogen (secondary N) is 2. The Kier molecular flexibility index (Phi) is 7.16. The van der Waals surface area contributed by atoms with Crippen LogP contribution < -0.4 is 10.6 Å². The summed E-state index contributed by atoms with van der Waals surface area (Å²) in [7, 11) is 2.68. The predicted molar refractivity (Wildman–Crippen MR) is 59.2 cm³/mol. The summed E-state index contributed by atoms with van der Waals surface area (Å²) < 4.78 is 9.06. The molecule has 0 aromatic heterocycles. The van der Waals surface area contributed by atoms with E-state index in [-0.39, 0.29) is 18.7 Å². The first-order valence-corrected chi connectivity index (χ1v) is 4.90. The quantitative estimate of drug-likeness (QED) is 0.506. The summed E-state index contributed by atoms with van der Waals surface area (Å²) in [6.45, 7) is 1.68. The molecule has 0 aromatic carbocycles. The van der Waals surface area contributed by atoms with E-state index in [1.165, 1.54) is 14.2 Å². The molecule has 0 radical (unpaired) electrons. The van der Waals surface area contributed by atoms with Crippen LogP contribution in [0.1, 0.15) is 6.92 Å². The second-order valence-corrected chi connectivity index (χ2v) is 3.11. The smallest absolute Gasteiger partial charge is 0.331 e. The first-order chi connectivity index (χ1) is 7.99. The summed E-state index contributed by atoms with van der Waals surface area (Å²) in [5.41, 5.74) is 0. The van der Waals surface area contributed by atoms with Crippen LogP contribution in [-0.2, 0) is 19.1 Å². The Bertz CT molecular complexity index is 314. The fraction of sp³-hybridized carbons (Fsp3) is 0.500. The van der Waals surface area contributed by atoms with E-state index in [0.717, 1.165) is 12.2 Å². The minimum absolute atomic E-state index is 0.0117. The van der Waals surface area contributed by atoms with Crippen molar-refractivity contribution in [3.63, 3.8) is 0 Å². The van der Waals surface area contributed by atoms with E-state index >= 15 is 0 Å². The van der Waals surface area contributed by atoms with Crippen molar-refractivity contribution in [2.45, 2.75) is 13.0 Å². The van der Waals surface area contributed by atoms with Crippen molar-refractivity contribution < 1.29 is 23.9 Å². The highest BCUT2D eigenvalue weighted by Crippen LogP contribution is 1.88. The maximum Gasteiger partial charge on any atom is 0.331 e. The molecule has 0 saturated heterocycles. The Morgan fingerprint density at radius 3 is 2.35 bits per heavy atom. The van der Waals surface area contributed by atoms with Crippen molar-refractivity contribution in [2.75, 3.05) is 20.8 Å². The lowest BCUT2D eigenvalue weighted by molar-refractivity contribution is -0.139. The maximum atomic E-state index is 11.1. The van der Waals surface area contributed by atoms with Gasteiger partial charge in [0, 0.05) is 19.2 Å². The van der Waals surface area contributed by atoms with Crippen LogP contribution in [0.15, 0.2) is 12.2 Å². The van der Waals surface area contributed by atoms with Crippen LogP contribution in [0, 0.1) is 0 Å². The number of urea groups is 1. The largest absolute Gasteiger partial charge is 0.466 e. The zero-order chi connectivity index (χ0) is 13.3. The molecule has 1 atom stereocenters. The monoisotopic (exact) mass is 244 g/mol. The van der Waals surface area contributed by atoms with Crippen molar-refractivity contribution >= 4 is 18.0 Å². The van der Waals surface area contributed by atoms with Crippen molar-refractivity contribution in [3.8, 4) is 0 Å². The van der Waals surface area contributed by atoms with Crippen LogP contribution in [0.2, 0.25) is 0 Å². The SMILES string of the molecule is CNC(=O)N[C@@H](C)COC(=O)/C=C/C(=O)OC. The summed E-state index contributed by atoms with van der Waals surface area (Å²) in [5, 5.41) is 4.88. The van der Waals surface area contributed by atoms with Gasteiger partial charge < -0.3 is 20.1 Å². The van der Waals surface area contributed by atoms with Gasteiger partial charge in [-0.3, -0.25) is 0 Å². The highest BCUT2D eigenvalue weighted by Gasteiger charge is 2.07. The number of hydrogen-bond acceptors (Lipinski definition) is 5. The highest BCUT2D eigenvalue weighted by atomic mass is 16.5. The second kappa shape index (κ2) is 8.14. The van der Waals surface area contributed by atoms with Gasteiger partial charge in [-0.15, -0.1) is 0 Å². The van der Waals surface area contributed by atoms with Gasteiger partial charge in [0.05, 0.1) is 13.2 Å². The lowest BCUT2D eigenvalue weighted by Gasteiger charge is -2.12. The van der Waals surface area contributed by atoms with Crippen LogP contribution in [0.25, 0.3) is 0 Å². The van der Waals surface area contributed by atoms with Gasteiger partial charge >= 0.3 is 18.0 Å². The third kappa shape index (κ3) is 7.83. The van der Waals surface area contributed by atoms with Crippen LogP contribution in [-0.4, -0.2) is 44.8 Å². The van der Waals surface area contributed by atoms with E-state index in [1.54, 1.807) is 6.92 Å². The average molecular weight is 244 g/mol. The fourth-order valence-electron chi connectivity index (χ4n) is 0.797. The number of amides is 2. The van der Waals surface area contributed by atoms with Gasteiger partial charge in [0.2, 0.25) is 0 Å². The van der Waals surface area contributed by atoms with Crippen LogP contribution in [0.5, 0.6) is 0 Å². The molecule has 0 fully saturated rings. The van der Waals surface area contributed by atoms with E-state index < -0.39 is 11.9 Å². The van der Waals surface area contributed by atoms with Gasteiger partial charge in [-0.25, -0.2) is 14.4 Å². The second-order valence-electron chi connectivity index (χ2n) is 3.11. The number of ether oxygens (including phenoxy) is 2. The van der Waals surface area contributed by atoms with Crippen LogP contribution >= 0.6 is 0 Å². The maximum absolute atomic E-state index is 11.1. The lowest BCUT2D eigenvalue weighted by atomic mass is 10.4. The number of rotatable bonds is 5. The number of methoxy groups -OCH3 is 1. The van der Waals surface area contributed by atoms with Gasteiger partial charge in [0.25, 0.3) is 0 Å². The normalized spacial score (nSPS) is 11.7. The summed E-state index contributed by atoms with van der Waals surface area (Å²) in [6.07, 6.45) is 1.91. The molecule has 0 bridgehead atoms. The van der Waals surface area contributed by atoms with E-state index in [4.69, 9.17) is 4.74 Å². The number of esters is 2. The van der Waals surface area contributed by atoms with E-state index in [1.807, 2.05) is 0 Å². The molecule has 7 heteroatoms. The third-order valence-electron chi connectivity index (χ3n) is 1.64. The van der Waals surface area contributed by atoms with Gasteiger partial charge in [-0.1, -0.05) is 0 Å². The molecule has 0 aliphatic carbocycles. The Labute approximate surface area is 99.1 Å². The van der Waals surface area contributed by atoms with Gasteiger partial charge in [0.15, 0.2) is 0 Å². The summed E-state index contributed by atoms with van der Waals surface area (Å²) in [6, 6.07) is -0.691. The van der Waals surface area contributed by atoms with Gasteiger partial charge in [-0.05, 0) is 6.92 Å². The van der Waals surface area contributed by atoms with E-state index in [9.17, 15) is 14.4 Å². The Balaban J connectivity index is 3.87. The first kappa shape index (κ1) is 14.9. The Morgan fingerprint density at radius 1 is 1.24 bits per heavy atom. The van der Waals surface area contributed by atoms with Crippen LogP contribution in [0.3, 0.4) is 0 Å². The van der Waals surface area contributed by atoms with Crippen molar-refractivity contribution in [3.05, 3.63) is 12.2 Å². The number of hydrogen-bond donors (Lipinski definition) is 2. The molecule has 2 amide bonds. The lowest BCUT2D eigenvalue weighted by Crippen LogP contribution is -2.41. The Morgan fingerprint density at radius 2 is 1.82 bits per heavy atom. The van der Waals surface area contributed by atoms with Crippen molar-refractivity contribution in [1.29, 1.82) is 0 Å². The minimum atomic E-state index is -0.680. The highest BCUT2D eigenvalue weighted by molar-refractivity contribution is 5.91. The molecule has 2 N–H and O–H groups in total. The average Bonchev–Trinajstić information content (AvgIpc) is 2.32. The van der Waals surface area contributed by atoms with Gasteiger partial charge in [0.1, 0.15) is 6.61 Å². The molecule has 0 saturated carbocycles. The summed E-state index contributed by atoms with van der Waals surface area (Å²) >= 11 is 0. The standard InChI is InChI=1S/C10H16N2O5/c1-7(12-10(15)11-2)6-17-9(14)5-4-8(13)16-3/h4-5,7H,6H2,1-3H3,(H2,11,12,15)/b5-4+/t7-/m0/s1. The van der Waals surface area contributed by atoms with Crippen molar-refractivity contribution in [2.24, 2.45) is 0 Å². The zero-order valence-corrected chi connectivity index (χ0v) is 9.98. The topological polar surface area (TPSA) is 93.7 Å². The van der Waals surface area contributed by atoms with E-state index in [2.05, 4.69) is 15.4 Å². The molecule has 96 valence electrons. The minimum Gasteiger partial charge on any atom is -0.466 e. The molecular weight excluding hydrogens is 228 g/mol. The number of carbonyl (C=O) groups is 3. The molecule has 0 rings (SSSR count). The molecular formula is C10H16N2O5. The molecule has 0 spiro atoms. The molecule has 0 aromatic rings. The molecule has 0 heterocycles. The molecule has 0 unspecified atom stereocenters. The number of carbonyl (C=O) groups excluding carboxylic acids is 3. The summed E-state index contributed by atoms with van der Waals surface area (Å²) in [4.78, 5) is 32.6. The third-order valence-corrected chi connectivity index (χ3v) is 1.64. The zero-order valence-electron chi connectivity index (χ0n) is 9.98. The van der Waals surface area contributed by atoms with Crippen LogP contribution in [0.4, 0.5) is 4.79 Å². The van der Waals surface area contributed by atoms with Crippen molar-refractivity contribution in [1.82, 2.24) is 10.6 Å². The first-order valence-electron chi connectivity index (χ1n) is 4.90. The summed E-state index contributed by atoms with van der Waals surface area (Å²) in [5.74, 6) is -1.32. The fourth-order valence-corrected chi connectivity index (χ4v) is 0.797. The molecule has 17 heavy (non-hydrogen) atoms. The van der Waals surface area contributed by atoms with E-state index in [0.29, 0.717) is 0 Å². The molecule has 0 aliphatic heterocycles. The predicted octanol–water partition coefficient (Wildman–Crippen LogP) is -0.424. The molecule has 7 nitrogen and oxygen atoms in total. The van der Waals surface area contributed by atoms with Gasteiger partial charge in [-0.2, -0.15) is 0 Å². The molecule has 0 aliphatic rings.